The summed E-state index contributed by atoms with van der Waals surface area (Å²) >= 11 is 0. The van der Waals surface area contributed by atoms with Crippen LogP contribution in [0.25, 0.3) is 0 Å². The Kier molecular flexibility index (Phi) is 11.8. The Labute approximate surface area is 217 Å². The number of carbonyl (C=O) groups is 2. The molecule has 37 heavy (non-hydrogen) atoms. The van der Waals surface area contributed by atoms with Crippen molar-refractivity contribution in [1.29, 1.82) is 0 Å². The quantitative estimate of drug-likeness (QED) is 0.145. The molecule has 2 aromatic carbocycles. The Morgan fingerprint density at radius 2 is 1.97 bits per heavy atom. The number of hydrazine groups is 1. The molecular weight excluding hydrogens is 477 g/mol. The Morgan fingerprint density at radius 1 is 1.27 bits per heavy atom. The van der Waals surface area contributed by atoms with E-state index in [9.17, 15) is 14.0 Å². The second-order valence-corrected chi connectivity index (χ2v) is 8.78. The second-order valence-electron chi connectivity index (χ2n) is 8.78. The molecule has 3 rings (SSSR count). The van der Waals surface area contributed by atoms with Gasteiger partial charge in [-0.2, -0.15) is 0 Å². The molecule has 6 N–H and O–H groups in total. The number of hydrogen-bond donors (Lipinski definition) is 3. The Balaban J connectivity index is 0.000000281. The molecule has 0 aliphatic carbocycles. The Hall–Kier alpha value is -3.70. The van der Waals surface area contributed by atoms with Crippen molar-refractivity contribution >= 4 is 29.5 Å². The molecule has 2 amide bonds. The molecule has 10 nitrogen and oxygen atoms in total. The molecule has 0 spiro atoms. The average Bonchev–Trinajstić information content (AvgIpc) is 3.37. The number of amides is 2. The van der Waals surface area contributed by atoms with Crippen molar-refractivity contribution in [1.82, 2.24) is 5.12 Å². The molecular formula is C26H38FN7O3. The van der Waals surface area contributed by atoms with Crippen LogP contribution in [0.3, 0.4) is 0 Å². The predicted molar refractivity (Wildman–Crippen MR) is 144 cm³/mol. The number of nitrogens with zero attached hydrogens (tertiary/aromatic N) is 4. The van der Waals surface area contributed by atoms with Crippen LogP contribution in [0.2, 0.25) is 0 Å². The van der Waals surface area contributed by atoms with Gasteiger partial charge in [0, 0.05) is 39.0 Å². The lowest BCUT2D eigenvalue weighted by Gasteiger charge is -2.23. The topological polar surface area (TPSA) is 144 Å². The van der Waals surface area contributed by atoms with E-state index in [1.54, 1.807) is 14.2 Å². The lowest BCUT2D eigenvalue weighted by atomic mass is 10.0. The molecule has 1 aliphatic heterocycles. The van der Waals surface area contributed by atoms with Gasteiger partial charge in [0.25, 0.3) is 5.91 Å². The number of carbonyl (C=O) groups excluding carboxylic acids is 2. The van der Waals surface area contributed by atoms with Crippen LogP contribution in [-0.4, -0.2) is 56.6 Å². The molecule has 2 aromatic rings. The fourth-order valence-electron chi connectivity index (χ4n) is 3.92. The minimum atomic E-state index is -0.793. The van der Waals surface area contributed by atoms with Crippen LogP contribution in [0.5, 0.6) is 0 Å². The first-order valence-corrected chi connectivity index (χ1v) is 12.2. The van der Waals surface area contributed by atoms with E-state index in [1.807, 2.05) is 41.3 Å². The lowest BCUT2D eigenvalue weighted by Crippen LogP contribution is -2.36. The molecule has 0 aromatic heterocycles. The molecule has 11 heteroatoms. The number of halogens is 1. The van der Waals surface area contributed by atoms with E-state index in [0.717, 1.165) is 54.9 Å². The third-order valence-corrected chi connectivity index (χ3v) is 5.98. The third-order valence-electron chi connectivity index (χ3n) is 5.98. The van der Waals surface area contributed by atoms with E-state index < -0.39 is 5.91 Å². The predicted octanol–water partition coefficient (Wildman–Crippen LogP) is 2.11. The molecule has 1 unspecified atom stereocenters. The van der Waals surface area contributed by atoms with Gasteiger partial charge in [-0.25, -0.2) is 15.4 Å². The Morgan fingerprint density at radius 3 is 2.54 bits per heavy atom. The van der Waals surface area contributed by atoms with Gasteiger partial charge in [0.1, 0.15) is 5.82 Å². The van der Waals surface area contributed by atoms with Gasteiger partial charge in [0.05, 0.1) is 18.3 Å². The highest BCUT2D eigenvalue weighted by Crippen LogP contribution is 2.32. The van der Waals surface area contributed by atoms with Crippen molar-refractivity contribution in [3.05, 3.63) is 59.4 Å². The van der Waals surface area contributed by atoms with Gasteiger partial charge in [-0.15, -0.1) is 5.10 Å². The maximum absolute atomic E-state index is 14.5. The van der Waals surface area contributed by atoms with Crippen molar-refractivity contribution < 1.29 is 18.7 Å². The summed E-state index contributed by atoms with van der Waals surface area (Å²) in [5.41, 5.74) is 13.4. The van der Waals surface area contributed by atoms with Crippen molar-refractivity contribution in [3.8, 4) is 0 Å². The largest absolute Gasteiger partial charge is 0.380 e. The van der Waals surface area contributed by atoms with Gasteiger partial charge < -0.3 is 26.0 Å². The van der Waals surface area contributed by atoms with E-state index in [0.29, 0.717) is 24.5 Å². The zero-order chi connectivity index (χ0) is 27.4. The fourth-order valence-corrected chi connectivity index (χ4v) is 3.92. The van der Waals surface area contributed by atoms with Gasteiger partial charge in [0.2, 0.25) is 12.2 Å². The maximum atomic E-state index is 14.5. The van der Waals surface area contributed by atoms with Crippen LogP contribution >= 0.6 is 0 Å². The summed E-state index contributed by atoms with van der Waals surface area (Å²) in [5, 5.41) is 4.67. The fraction of sp³-hybridized carbons (Fsp3) is 0.423. The van der Waals surface area contributed by atoms with Gasteiger partial charge in [-0.05, 0) is 36.5 Å². The summed E-state index contributed by atoms with van der Waals surface area (Å²) < 4.78 is 19.9. The first-order valence-electron chi connectivity index (χ1n) is 12.2. The maximum Gasteiger partial charge on any atom is 0.285 e. The third kappa shape index (κ3) is 9.03. The molecule has 0 saturated carbocycles. The monoisotopic (exact) mass is 515 g/mol. The molecule has 1 atom stereocenters. The molecule has 1 saturated heterocycles. The number of hydrogen-bond acceptors (Lipinski definition) is 7. The standard InChI is InChI=1S/C17H25FN2O2.C9H13N5O/c1-4-5-6-13-9-17(20-8-7-14(11-20)22-3)15(18)10-16(13)19(2)12-21;10-8(9(11)15)13-14(12)6-7-4-2-1-3-5-7/h9-10,12,14H,4-8,11H2,1-3H3;1-5H,6,12H2,(H2,10,13)(H2,11,15). The van der Waals surface area contributed by atoms with Crippen molar-refractivity contribution in [2.24, 2.45) is 22.4 Å². The zero-order valence-corrected chi connectivity index (χ0v) is 21.8. The summed E-state index contributed by atoms with van der Waals surface area (Å²) in [6, 6.07) is 12.8. The number of anilines is 2. The van der Waals surface area contributed by atoms with Crippen LogP contribution in [0, 0.1) is 5.82 Å². The second kappa shape index (κ2) is 14.8. The molecule has 202 valence electrons. The zero-order valence-electron chi connectivity index (χ0n) is 21.8. The number of amidine groups is 1. The molecule has 1 fully saturated rings. The summed E-state index contributed by atoms with van der Waals surface area (Å²) in [6.45, 7) is 3.99. The van der Waals surface area contributed by atoms with E-state index in [-0.39, 0.29) is 17.8 Å². The molecule has 1 heterocycles. The average molecular weight is 516 g/mol. The first kappa shape index (κ1) is 29.5. The number of aryl methyl sites for hydroxylation is 1. The number of hydrazone groups is 1. The number of nitrogens with two attached hydrogens (primary N) is 3. The number of methoxy groups -OCH3 is 1. The van der Waals surface area contributed by atoms with Crippen LogP contribution in [0.4, 0.5) is 15.8 Å². The number of unbranched alkanes of at least 4 members (excludes halogenated alkanes) is 1. The summed E-state index contributed by atoms with van der Waals surface area (Å²) in [5.74, 6) is 4.12. The van der Waals surface area contributed by atoms with Crippen LogP contribution in [0.15, 0.2) is 47.6 Å². The number of primary amides is 1. The van der Waals surface area contributed by atoms with Crippen molar-refractivity contribution in [2.45, 2.75) is 45.3 Å². The normalized spacial score (nSPS) is 15.1. The van der Waals surface area contributed by atoms with Crippen molar-refractivity contribution in [3.63, 3.8) is 0 Å². The smallest absolute Gasteiger partial charge is 0.285 e. The van der Waals surface area contributed by atoms with E-state index in [2.05, 4.69) is 12.0 Å². The lowest BCUT2D eigenvalue weighted by molar-refractivity contribution is -0.112. The Bertz CT molecular complexity index is 1050. The molecule has 1 aliphatic rings. The van der Waals surface area contributed by atoms with Crippen LogP contribution in [0.1, 0.15) is 37.3 Å². The highest BCUT2D eigenvalue weighted by atomic mass is 19.1. The summed E-state index contributed by atoms with van der Waals surface area (Å²) in [6.07, 6.45) is 4.73. The highest BCUT2D eigenvalue weighted by Gasteiger charge is 2.25. The molecule has 0 radical (unpaired) electrons. The van der Waals surface area contributed by atoms with Crippen LogP contribution < -0.4 is 27.1 Å². The number of rotatable bonds is 10. The van der Waals surface area contributed by atoms with Gasteiger partial charge >= 0.3 is 0 Å². The van der Waals surface area contributed by atoms with Gasteiger partial charge in [0.15, 0.2) is 0 Å². The van der Waals surface area contributed by atoms with E-state index in [4.69, 9.17) is 22.0 Å². The SMILES string of the molecule is CCCCc1cc(N2CCC(OC)C2)c(F)cc1N(C)C=O.NC(=O)/C(N)=N/N(N)Cc1ccccc1. The highest BCUT2D eigenvalue weighted by molar-refractivity contribution is 6.36. The minimum absolute atomic E-state index is 0.163. The molecule has 0 bridgehead atoms. The van der Waals surface area contributed by atoms with Gasteiger partial charge in [-0.3, -0.25) is 9.59 Å². The number of ether oxygens (including phenoxy) is 1. The summed E-state index contributed by atoms with van der Waals surface area (Å²) in [7, 11) is 3.35. The van der Waals surface area contributed by atoms with E-state index in [1.165, 1.54) is 11.0 Å². The van der Waals surface area contributed by atoms with Crippen molar-refractivity contribution in [2.75, 3.05) is 37.0 Å². The number of benzene rings is 2. The first-order chi connectivity index (χ1) is 17.7. The van der Waals surface area contributed by atoms with E-state index >= 15 is 0 Å². The van der Waals surface area contributed by atoms with Gasteiger partial charge in [-0.1, -0.05) is 43.7 Å². The summed E-state index contributed by atoms with van der Waals surface area (Å²) in [4.78, 5) is 25.1. The minimum Gasteiger partial charge on any atom is -0.380 e. The van der Waals surface area contributed by atoms with Crippen LogP contribution in [-0.2, 0) is 27.3 Å².